The maximum Gasteiger partial charge on any atom is 1.00 e. The summed E-state index contributed by atoms with van der Waals surface area (Å²) in [5.74, 6) is -4.02. The molecule has 290 valence electrons. The van der Waals surface area contributed by atoms with Gasteiger partial charge in [-0.1, -0.05) is 24.4 Å². The number of carboxylic acids is 2. The summed E-state index contributed by atoms with van der Waals surface area (Å²) < 4.78 is 18.9. The standard InChI is InChI=1S/C36H38FN7O8S3.2Na/c37-25-13-23-26(43(21-3-4-21)16-24(31(23)46)35(49)50)14-27(25)41-9-7-40(8-10-41)11-12-55-42(18-53)15-20-17-54-34-29(33(48)44(34)30(20)36(51)52)39-32(47)28(38)19-1-5-22(45)6-2-19;;/h1-2,5-6,13-14,16,18,21,28-29,34,45H,3-4,7-12,15,17,38H2,(H,39,47)(H,49,50)(H,51,52);;/q;2*+1/p-2/t28-,29-,34-;;/m1../s1. The first-order valence-corrected chi connectivity index (χ1v) is 20.0. The van der Waals surface area contributed by atoms with E-state index < -0.39 is 58.0 Å². The van der Waals surface area contributed by atoms with Crippen molar-refractivity contribution < 1.29 is 98.0 Å². The number of fused-ring (bicyclic) bond motifs is 2. The van der Waals surface area contributed by atoms with Gasteiger partial charge in [-0.2, -0.15) is 0 Å². The van der Waals surface area contributed by atoms with Gasteiger partial charge in [-0.25, -0.2) is 4.39 Å². The molecule has 2 aromatic carbocycles. The van der Waals surface area contributed by atoms with E-state index in [-0.39, 0.29) is 94.3 Å². The molecule has 3 atom stereocenters. The number of phenolic OH excluding ortho intramolecular Hbond substituents is 1. The number of nitrogens with two attached hydrogens (primary N) is 1. The minimum absolute atomic E-state index is 0. The Morgan fingerprint density at radius 1 is 1.09 bits per heavy atom. The molecule has 3 aliphatic heterocycles. The zero-order valence-electron chi connectivity index (χ0n) is 31.2. The van der Waals surface area contributed by atoms with Crippen molar-refractivity contribution >= 4 is 81.8 Å². The van der Waals surface area contributed by atoms with Crippen molar-refractivity contribution in [1.29, 1.82) is 0 Å². The number of benzene rings is 2. The fourth-order valence-electron chi connectivity index (χ4n) is 7.07. The van der Waals surface area contributed by atoms with Gasteiger partial charge in [-0.05, 0) is 60.2 Å². The van der Waals surface area contributed by atoms with Crippen LogP contribution in [0.25, 0.3) is 10.9 Å². The topological polar surface area (TPSA) is 208 Å². The minimum atomic E-state index is -1.59. The number of phenols is 1. The summed E-state index contributed by atoms with van der Waals surface area (Å²) in [4.78, 5) is 68.0. The number of β-lactam (4-membered cyclic amide) rings is 1. The fraction of sp³-hybridized carbons (Fsp3) is 0.389. The van der Waals surface area contributed by atoms with E-state index in [1.54, 1.807) is 14.9 Å². The van der Waals surface area contributed by atoms with Crippen LogP contribution in [0.4, 0.5) is 10.1 Å². The van der Waals surface area contributed by atoms with E-state index in [0.29, 0.717) is 60.8 Å². The summed E-state index contributed by atoms with van der Waals surface area (Å²) in [6, 6.07) is 6.52. The number of thioether (sulfide) groups is 1. The molecule has 15 nitrogen and oxygen atoms in total. The van der Waals surface area contributed by atoms with E-state index in [0.717, 1.165) is 23.8 Å². The first kappa shape index (κ1) is 45.4. The van der Waals surface area contributed by atoms with E-state index in [1.807, 2.05) is 4.90 Å². The van der Waals surface area contributed by atoms with E-state index in [4.69, 9.17) is 18.0 Å². The van der Waals surface area contributed by atoms with Crippen molar-refractivity contribution in [2.45, 2.75) is 36.3 Å². The van der Waals surface area contributed by atoms with Crippen LogP contribution >= 0.6 is 35.9 Å². The molecule has 7 rings (SSSR count). The number of nitrogens with zero attached hydrogens (tertiary/aromatic N) is 5. The van der Waals surface area contributed by atoms with Gasteiger partial charge in [0.15, 0.2) is 5.43 Å². The molecule has 0 spiro atoms. The molecule has 1 aromatic heterocycles. The van der Waals surface area contributed by atoms with Crippen LogP contribution < -0.4 is 90.7 Å². The van der Waals surface area contributed by atoms with Gasteiger partial charge in [0.05, 0.1) is 46.4 Å². The molecule has 0 radical (unpaired) electrons. The van der Waals surface area contributed by atoms with Gasteiger partial charge < -0.3 is 49.7 Å². The van der Waals surface area contributed by atoms with Crippen LogP contribution in [0.1, 0.15) is 40.8 Å². The Hall–Kier alpha value is -2.69. The Morgan fingerprint density at radius 3 is 2.39 bits per heavy atom. The number of pyridine rings is 1. The number of halogens is 1. The molecule has 57 heavy (non-hydrogen) atoms. The maximum atomic E-state index is 15.4. The summed E-state index contributed by atoms with van der Waals surface area (Å²) in [5, 5.41) is 35.4. The third-order valence-electron chi connectivity index (χ3n) is 10.2. The number of carboxylic acid groups (broad SMARTS) is 2. The number of hydrogen-bond acceptors (Lipinski definition) is 14. The van der Waals surface area contributed by atoms with Crippen LogP contribution in [-0.4, -0.2) is 115 Å². The number of hydrogen-bond donors (Lipinski definition) is 3. The zero-order valence-corrected chi connectivity index (χ0v) is 37.7. The Labute approximate surface area is 384 Å². The molecule has 0 bridgehead atoms. The normalized spacial score (nSPS) is 19.8. The predicted molar refractivity (Wildman–Crippen MR) is 204 cm³/mol. The summed E-state index contributed by atoms with van der Waals surface area (Å²) >= 11 is 7.96. The second kappa shape index (κ2) is 19.1. The smallest absolute Gasteiger partial charge is 0.545 e. The van der Waals surface area contributed by atoms with Crippen molar-refractivity contribution in [1.82, 2.24) is 24.0 Å². The zero-order chi connectivity index (χ0) is 39.1. The summed E-state index contributed by atoms with van der Waals surface area (Å²) in [6.45, 7) is 3.08. The monoisotopic (exact) mass is 855 g/mol. The average molecular weight is 856 g/mol. The number of thiocarbonyl (C=S) groups is 1. The van der Waals surface area contributed by atoms with Gasteiger partial charge in [0.2, 0.25) is 5.91 Å². The summed E-state index contributed by atoms with van der Waals surface area (Å²) in [6.07, 6.45) is 2.98. The van der Waals surface area contributed by atoms with Crippen molar-refractivity contribution in [2.75, 3.05) is 55.7 Å². The Morgan fingerprint density at radius 2 is 1.77 bits per heavy atom. The molecule has 1 aliphatic carbocycles. The number of aliphatic carboxylic acids is 1. The molecule has 4 aliphatic rings. The average Bonchev–Trinajstić information content (AvgIpc) is 4.02. The summed E-state index contributed by atoms with van der Waals surface area (Å²) in [7, 11) is 0. The van der Waals surface area contributed by atoms with Gasteiger partial charge in [0.25, 0.3) is 5.91 Å². The number of carbonyl (C=O) groups is 4. The second-order valence-electron chi connectivity index (χ2n) is 13.7. The van der Waals surface area contributed by atoms with E-state index in [9.17, 15) is 39.3 Å². The van der Waals surface area contributed by atoms with Gasteiger partial charge in [-0.3, -0.25) is 24.2 Å². The SMILES string of the molecule is N[C@@H](C(=O)N[C@@H]1C(=O)N2C(C(=O)[O-])=C(CN(C=S)SCCN3CCN(c4cc5c(cc4F)c(=O)c(C(=O)[O-])cn5C4CC4)CC3)CS[C@H]12)c1ccc(O)cc1.[Na+].[Na+]. The van der Waals surface area contributed by atoms with Crippen molar-refractivity contribution in [3.63, 3.8) is 0 Å². The number of amides is 2. The van der Waals surface area contributed by atoms with Crippen LogP contribution in [0.5, 0.6) is 5.75 Å². The second-order valence-corrected chi connectivity index (χ2v) is 16.1. The molecule has 2 amide bonds. The first-order chi connectivity index (χ1) is 26.4. The number of aromatic hydroxyl groups is 1. The van der Waals surface area contributed by atoms with Gasteiger partial charge in [0, 0.05) is 61.9 Å². The number of anilines is 1. The molecule has 1 saturated carbocycles. The van der Waals surface area contributed by atoms with Crippen molar-refractivity contribution in [3.05, 3.63) is 81.0 Å². The Balaban J connectivity index is 0.00000310. The molecule has 4 N–H and O–H groups in total. The number of aromatic carboxylic acids is 1. The Kier molecular flexibility index (Phi) is 15.2. The number of carbonyl (C=O) groups excluding carboxylic acids is 4. The first-order valence-electron chi connectivity index (χ1n) is 17.5. The predicted octanol–water partition coefficient (Wildman–Crippen LogP) is -6.31. The largest absolute Gasteiger partial charge is 1.00 e. The third-order valence-corrected chi connectivity index (χ3v) is 12.8. The fourth-order valence-corrected chi connectivity index (χ4v) is 9.55. The molecule has 4 heterocycles. The van der Waals surface area contributed by atoms with Gasteiger partial charge in [-0.15, -0.1) is 11.8 Å². The number of nitrogens with one attached hydrogen (secondary N) is 1. The Bertz CT molecular complexity index is 2170. The third kappa shape index (κ3) is 9.54. The van der Waals surface area contributed by atoms with Crippen LogP contribution in [0.2, 0.25) is 0 Å². The van der Waals surface area contributed by atoms with E-state index >= 15 is 4.39 Å². The molecule has 21 heteroatoms. The van der Waals surface area contributed by atoms with Crippen LogP contribution in [0.15, 0.2) is 58.7 Å². The van der Waals surface area contributed by atoms with Crippen molar-refractivity contribution in [2.24, 2.45) is 5.73 Å². The molecular formula is C36H36FN7Na2O8S3. The van der Waals surface area contributed by atoms with Crippen molar-refractivity contribution in [3.8, 4) is 5.75 Å². The molecular weight excluding hydrogens is 820 g/mol. The molecule has 2 saturated heterocycles. The summed E-state index contributed by atoms with van der Waals surface area (Å²) in [5.41, 5.74) is 7.72. The number of aromatic nitrogens is 1. The van der Waals surface area contributed by atoms with E-state index in [1.165, 1.54) is 59.7 Å². The minimum Gasteiger partial charge on any atom is -0.545 e. The van der Waals surface area contributed by atoms with Crippen LogP contribution in [-0.2, 0) is 14.4 Å². The van der Waals surface area contributed by atoms with E-state index in [2.05, 4.69) is 10.2 Å². The molecule has 3 aromatic rings. The number of piperazine rings is 1. The van der Waals surface area contributed by atoms with Crippen LogP contribution in [0.3, 0.4) is 0 Å². The molecule has 3 fully saturated rings. The molecule has 0 unspecified atom stereocenters. The van der Waals surface area contributed by atoms with Crippen LogP contribution in [0, 0.1) is 5.82 Å². The quantitative estimate of drug-likeness (QED) is 0.0597. The van der Waals surface area contributed by atoms with Gasteiger partial charge in [0.1, 0.15) is 29.0 Å². The maximum absolute atomic E-state index is 15.4. The van der Waals surface area contributed by atoms with Gasteiger partial charge >= 0.3 is 59.1 Å². The number of rotatable bonds is 14.